The Kier molecular flexibility index (Phi) is 4.61. The first kappa shape index (κ1) is 21.0. The maximum absolute atomic E-state index is 12.4. The smallest absolute Gasteiger partial charge is 0.335 e. The van der Waals surface area contributed by atoms with E-state index in [1.807, 2.05) is 6.07 Å². The number of aliphatic hydroxyl groups is 1. The van der Waals surface area contributed by atoms with Crippen LogP contribution < -0.4 is 5.63 Å². The third kappa shape index (κ3) is 2.65. The second-order valence-electron chi connectivity index (χ2n) is 11.1. The molecule has 4 aliphatic rings. The zero-order chi connectivity index (χ0) is 22.1. The molecule has 1 N–H and O–H groups in total. The van der Waals surface area contributed by atoms with Gasteiger partial charge in [0.1, 0.15) is 7.11 Å². The molecule has 0 spiro atoms. The summed E-state index contributed by atoms with van der Waals surface area (Å²) in [6.07, 6.45) is 11.8. The van der Waals surface area contributed by atoms with Gasteiger partial charge in [-0.25, -0.2) is 4.79 Å². The maximum atomic E-state index is 12.4. The molecule has 6 atom stereocenters. The van der Waals surface area contributed by atoms with E-state index in [9.17, 15) is 9.90 Å². The van der Waals surface area contributed by atoms with E-state index in [-0.39, 0.29) is 33.7 Å². The van der Waals surface area contributed by atoms with E-state index in [2.05, 4.69) is 32.0 Å². The summed E-state index contributed by atoms with van der Waals surface area (Å²) in [5, 5.41) is 16.6. The van der Waals surface area contributed by atoms with Gasteiger partial charge in [0.15, 0.2) is 0 Å². The molecule has 4 aliphatic carbocycles. The molecule has 31 heavy (non-hydrogen) atoms. The summed E-state index contributed by atoms with van der Waals surface area (Å²) in [5.41, 5.74) is 2.51. The van der Waals surface area contributed by atoms with Crippen LogP contribution in [0.15, 0.2) is 44.4 Å². The van der Waals surface area contributed by atoms with E-state index < -0.39 is 5.60 Å². The molecular weight excluding hydrogens is 390 g/mol. The Balaban J connectivity index is 1.53. The van der Waals surface area contributed by atoms with Crippen LogP contribution in [-0.4, -0.2) is 23.5 Å². The van der Waals surface area contributed by atoms with Crippen molar-refractivity contribution in [3.05, 3.63) is 46.0 Å². The lowest BCUT2D eigenvalue weighted by Crippen LogP contribution is -2.65. The summed E-state index contributed by atoms with van der Waals surface area (Å²) in [6, 6.07) is 3.42. The van der Waals surface area contributed by atoms with Crippen molar-refractivity contribution in [1.29, 1.82) is 0 Å². The number of hydrogen-bond donors (Lipinski definition) is 1. The first-order valence-corrected chi connectivity index (χ1v) is 11.8. The molecule has 3 fully saturated rings. The van der Waals surface area contributed by atoms with Gasteiger partial charge in [-0.1, -0.05) is 31.5 Å². The number of hydrogen-bond acceptors (Lipinski definition) is 5. The quantitative estimate of drug-likeness (QED) is 0.662. The Bertz CT molecular complexity index is 990. The van der Waals surface area contributed by atoms with Gasteiger partial charge in [0.2, 0.25) is 0 Å². The largest absolute Gasteiger partial charge is 0.431 e. The van der Waals surface area contributed by atoms with Crippen molar-refractivity contribution in [2.45, 2.75) is 83.7 Å². The van der Waals surface area contributed by atoms with Gasteiger partial charge in [0.05, 0.1) is 17.6 Å². The molecule has 0 unspecified atom stereocenters. The summed E-state index contributed by atoms with van der Waals surface area (Å²) in [6.45, 7) is 7.15. The zero-order valence-corrected chi connectivity index (χ0v) is 19.2. The van der Waals surface area contributed by atoms with Crippen molar-refractivity contribution in [2.24, 2.45) is 27.3 Å². The van der Waals surface area contributed by atoms with Crippen molar-refractivity contribution < 1.29 is 14.4 Å². The van der Waals surface area contributed by atoms with E-state index in [0.717, 1.165) is 62.6 Å². The summed E-state index contributed by atoms with van der Waals surface area (Å²) >= 11 is 0. The molecule has 1 heterocycles. The van der Waals surface area contributed by atoms with Crippen molar-refractivity contribution >= 4 is 5.71 Å². The van der Waals surface area contributed by atoms with E-state index in [4.69, 9.17) is 9.25 Å². The highest BCUT2D eigenvalue weighted by atomic mass is 16.6. The van der Waals surface area contributed by atoms with Gasteiger partial charge in [0.25, 0.3) is 0 Å². The molecular formula is C26H35NO4. The highest BCUT2D eigenvalue weighted by molar-refractivity contribution is 5.96. The molecule has 0 aliphatic heterocycles. The third-order valence-electron chi connectivity index (χ3n) is 10.3. The molecule has 5 heteroatoms. The van der Waals surface area contributed by atoms with Crippen LogP contribution in [0, 0.1) is 22.2 Å². The molecule has 0 bridgehead atoms. The Hall–Kier alpha value is -1.88. The molecule has 5 rings (SSSR count). The number of oxime groups is 1. The summed E-state index contributed by atoms with van der Waals surface area (Å²) in [5.74, 6) is 0.491. The lowest BCUT2D eigenvalue weighted by molar-refractivity contribution is -0.213. The van der Waals surface area contributed by atoms with Crippen LogP contribution >= 0.6 is 0 Å². The van der Waals surface area contributed by atoms with Crippen molar-refractivity contribution in [2.75, 3.05) is 7.11 Å². The van der Waals surface area contributed by atoms with Crippen molar-refractivity contribution in [3.8, 4) is 0 Å². The van der Waals surface area contributed by atoms with Crippen LogP contribution in [-0.2, 0) is 4.84 Å². The normalized spacial score (nSPS) is 45.5. The van der Waals surface area contributed by atoms with Crippen LogP contribution in [0.3, 0.4) is 0 Å². The highest BCUT2D eigenvalue weighted by Crippen LogP contribution is 2.74. The molecule has 168 valence electrons. The van der Waals surface area contributed by atoms with Gasteiger partial charge in [-0.05, 0) is 91.7 Å². The summed E-state index contributed by atoms with van der Waals surface area (Å²) < 4.78 is 5.21. The minimum atomic E-state index is -0.698. The third-order valence-corrected chi connectivity index (χ3v) is 10.3. The zero-order valence-electron chi connectivity index (χ0n) is 19.2. The van der Waals surface area contributed by atoms with Crippen LogP contribution in [0.5, 0.6) is 0 Å². The fourth-order valence-corrected chi connectivity index (χ4v) is 8.23. The molecule has 0 radical (unpaired) electrons. The van der Waals surface area contributed by atoms with Crippen molar-refractivity contribution in [1.82, 2.24) is 0 Å². The van der Waals surface area contributed by atoms with Crippen molar-refractivity contribution in [3.63, 3.8) is 0 Å². The van der Waals surface area contributed by atoms with E-state index in [1.165, 1.54) is 11.6 Å². The average molecular weight is 426 g/mol. The van der Waals surface area contributed by atoms with Gasteiger partial charge in [0, 0.05) is 11.5 Å². The molecule has 0 amide bonds. The van der Waals surface area contributed by atoms with Gasteiger partial charge in [-0.3, -0.25) is 0 Å². The summed E-state index contributed by atoms with van der Waals surface area (Å²) in [4.78, 5) is 16.5. The van der Waals surface area contributed by atoms with E-state index >= 15 is 0 Å². The fraction of sp³-hybridized carbons (Fsp3) is 0.692. The lowest BCUT2D eigenvalue weighted by atomic mass is 9.39. The molecule has 1 aromatic heterocycles. The van der Waals surface area contributed by atoms with Crippen LogP contribution in [0.4, 0.5) is 0 Å². The minimum absolute atomic E-state index is 0.0576. The molecule has 5 nitrogen and oxygen atoms in total. The van der Waals surface area contributed by atoms with Crippen LogP contribution in [0.25, 0.3) is 0 Å². The summed E-state index contributed by atoms with van der Waals surface area (Å²) in [7, 11) is 1.61. The number of rotatable bonds is 2. The monoisotopic (exact) mass is 425 g/mol. The highest BCUT2D eigenvalue weighted by Gasteiger charge is 2.70. The van der Waals surface area contributed by atoms with E-state index in [0.29, 0.717) is 0 Å². The SMILES string of the molecule is CO/N=C1/C=C2CC[C@@H]3[C@](C)(CC[C@]4(C)[C@@H](c5ccc(=O)oc5)CC[C@]34O)[C@@]2(C)CC1. The maximum Gasteiger partial charge on any atom is 0.335 e. The average Bonchev–Trinajstić information content (AvgIpc) is 3.01. The Morgan fingerprint density at radius 2 is 1.84 bits per heavy atom. The molecule has 0 aromatic carbocycles. The fourth-order valence-electron chi connectivity index (χ4n) is 8.23. The number of allylic oxidation sites excluding steroid dienone is 2. The predicted molar refractivity (Wildman–Crippen MR) is 120 cm³/mol. The first-order valence-electron chi connectivity index (χ1n) is 11.8. The van der Waals surface area contributed by atoms with Crippen LogP contribution in [0.2, 0.25) is 0 Å². The predicted octanol–water partition coefficient (Wildman–Crippen LogP) is 5.19. The van der Waals surface area contributed by atoms with Gasteiger partial charge < -0.3 is 14.4 Å². The van der Waals surface area contributed by atoms with Gasteiger partial charge in [-0.15, -0.1) is 0 Å². The van der Waals surface area contributed by atoms with Gasteiger partial charge in [-0.2, -0.15) is 0 Å². The molecule has 3 saturated carbocycles. The number of nitrogens with zero attached hydrogens (tertiary/aromatic N) is 1. The second kappa shape index (κ2) is 6.81. The minimum Gasteiger partial charge on any atom is -0.431 e. The first-order chi connectivity index (χ1) is 14.7. The lowest BCUT2D eigenvalue weighted by Gasteiger charge is -2.67. The Morgan fingerprint density at radius 3 is 2.55 bits per heavy atom. The second-order valence-corrected chi connectivity index (χ2v) is 11.1. The molecule has 0 saturated heterocycles. The molecule has 1 aromatic rings. The standard InChI is InChI=1S/C26H35NO4/c1-23-11-9-19(27-30-4)15-18(23)6-7-21-25(23,3)14-13-24(2)20(10-12-26(21,24)29)17-5-8-22(28)31-16-17/h5,8,15-16,20-21,29H,6-7,9-14H2,1-4H3/b27-19+/t20-,21-,23+,24-,25+,26+/m1/s1. The Labute approximate surface area is 184 Å². The van der Waals surface area contributed by atoms with Crippen LogP contribution in [0.1, 0.15) is 83.6 Å². The number of fused-ring (bicyclic) bond motifs is 5. The topological polar surface area (TPSA) is 72.0 Å². The van der Waals surface area contributed by atoms with Gasteiger partial charge >= 0.3 is 5.63 Å². The Morgan fingerprint density at radius 1 is 1.06 bits per heavy atom. The van der Waals surface area contributed by atoms with E-state index in [1.54, 1.807) is 13.4 Å².